The Balaban J connectivity index is 1.63. The van der Waals surface area contributed by atoms with Crippen molar-refractivity contribution in [2.24, 2.45) is 0 Å². The number of nitrogens with zero attached hydrogens (tertiary/aromatic N) is 2. The van der Waals surface area contributed by atoms with Crippen LogP contribution < -0.4 is 10.6 Å². The summed E-state index contributed by atoms with van der Waals surface area (Å²) in [6, 6.07) is 12.2. The molecular formula is C17H13F3N4O2. The summed E-state index contributed by atoms with van der Waals surface area (Å²) in [5.74, 6) is -1.68. The molecular weight excluding hydrogens is 349 g/mol. The van der Waals surface area contributed by atoms with Gasteiger partial charge in [-0.15, -0.1) is 10.2 Å². The number of hydrogen-bond acceptors (Lipinski definition) is 4. The molecule has 134 valence electrons. The van der Waals surface area contributed by atoms with E-state index in [1.165, 1.54) is 12.1 Å². The Morgan fingerprint density at radius 3 is 2.54 bits per heavy atom. The van der Waals surface area contributed by atoms with Crippen LogP contribution in [0.5, 0.6) is 0 Å². The first-order valence-corrected chi connectivity index (χ1v) is 7.53. The van der Waals surface area contributed by atoms with Gasteiger partial charge in [0.1, 0.15) is 5.82 Å². The van der Waals surface area contributed by atoms with Crippen molar-refractivity contribution < 1.29 is 22.4 Å². The van der Waals surface area contributed by atoms with Crippen LogP contribution in [-0.2, 0) is 6.54 Å². The van der Waals surface area contributed by atoms with Gasteiger partial charge in [0.05, 0.1) is 0 Å². The second-order valence-electron chi connectivity index (χ2n) is 5.23. The number of rotatable bonds is 5. The van der Waals surface area contributed by atoms with Gasteiger partial charge in [0.2, 0.25) is 5.89 Å². The van der Waals surface area contributed by atoms with Gasteiger partial charge < -0.3 is 15.1 Å². The van der Waals surface area contributed by atoms with Crippen molar-refractivity contribution >= 4 is 11.7 Å². The Hall–Kier alpha value is -3.36. The van der Waals surface area contributed by atoms with E-state index >= 15 is 0 Å². The Morgan fingerprint density at radius 1 is 1.12 bits per heavy atom. The van der Waals surface area contributed by atoms with Crippen LogP contribution in [0.25, 0.3) is 11.5 Å². The SMILES string of the molecule is O=C(NCc1ccc(-c2nnc(C(F)F)o2)cc1F)Nc1ccccc1. The minimum atomic E-state index is -2.90. The van der Waals surface area contributed by atoms with Crippen molar-refractivity contribution in [3.05, 3.63) is 65.8 Å². The summed E-state index contributed by atoms with van der Waals surface area (Å²) in [4.78, 5) is 11.8. The van der Waals surface area contributed by atoms with E-state index in [-0.39, 0.29) is 23.6 Å². The molecule has 2 amide bonds. The highest BCUT2D eigenvalue weighted by molar-refractivity contribution is 5.89. The number of carbonyl (C=O) groups excluding carboxylic acids is 1. The summed E-state index contributed by atoms with van der Waals surface area (Å²) >= 11 is 0. The molecule has 0 saturated heterocycles. The maximum Gasteiger partial charge on any atom is 0.319 e. The lowest BCUT2D eigenvalue weighted by Crippen LogP contribution is -2.28. The van der Waals surface area contributed by atoms with E-state index in [0.717, 1.165) is 6.07 Å². The van der Waals surface area contributed by atoms with Gasteiger partial charge in [0.25, 0.3) is 5.89 Å². The maximum atomic E-state index is 14.2. The van der Waals surface area contributed by atoms with Crippen LogP contribution in [0.2, 0.25) is 0 Å². The van der Waals surface area contributed by atoms with Crippen LogP contribution in [0.3, 0.4) is 0 Å². The molecule has 3 aromatic rings. The molecule has 0 atom stereocenters. The molecule has 0 spiro atoms. The van der Waals surface area contributed by atoms with Gasteiger partial charge in [-0.3, -0.25) is 0 Å². The predicted octanol–water partition coefficient (Wildman–Crippen LogP) is 4.14. The monoisotopic (exact) mass is 362 g/mol. The summed E-state index contributed by atoms with van der Waals surface area (Å²) < 4.78 is 43.9. The number of anilines is 1. The fraction of sp³-hybridized carbons (Fsp3) is 0.118. The molecule has 6 nitrogen and oxygen atoms in total. The topological polar surface area (TPSA) is 80.1 Å². The second kappa shape index (κ2) is 7.68. The lowest BCUT2D eigenvalue weighted by atomic mass is 10.1. The van der Waals surface area contributed by atoms with Crippen LogP contribution in [0.4, 0.5) is 23.7 Å². The van der Waals surface area contributed by atoms with Gasteiger partial charge in [-0.25, -0.2) is 9.18 Å². The average molecular weight is 362 g/mol. The summed E-state index contributed by atoms with van der Waals surface area (Å²) in [6.07, 6.45) is -2.90. The van der Waals surface area contributed by atoms with E-state index in [9.17, 15) is 18.0 Å². The number of urea groups is 1. The van der Waals surface area contributed by atoms with Crippen LogP contribution in [0.15, 0.2) is 52.9 Å². The van der Waals surface area contributed by atoms with Gasteiger partial charge in [0, 0.05) is 23.4 Å². The normalized spacial score (nSPS) is 10.8. The highest BCUT2D eigenvalue weighted by Crippen LogP contribution is 2.24. The quantitative estimate of drug-likeness (QED) is 0.715. The highest BCUT2D eigenvalue weighted by atomic mass is 19.3. The number of hydrogen-bond donors (Lipinski definition) is 2. The smallest absolute Gasteiger partial charge is 0.319 e. The lowest BCUT2D eigenvalue weighted by Gasteiger charge is -2.08. The molecule has 0 bridgehead atoms. The van der Waals surface area contributed by atoms with E-state index in [0.29, 0.717) is 5.69 Å². The molecule has 0 aliphatic carbocycles. The lowest BCUT2D eigenvalue weighted by molar-refractivity contribution is 0.116. The molecule has 2 aromatic carbocycles. The highest BCUT2D eigenvalue weighted by Gasteiger charge is 2.17. The molecule has 1 aromatic heterocycles. The standard InChI is InChI=1S/C17H13F3N4O2/c18-13-8-10(15-23-24-16(26-15)14(19)20)6-7-11(13)9-21-17(25)22-12-4-2-1-3-5-12/h1-8,14H,9H2,(H2,21,22,25). The number of nitrogens with one attached hydrogen (secondary N) is 2. The van der Waals surface area contributed by atoms with Crippen molar-refractivity contribution in [2.75, 3.05) is 5.32 Å². The van der Waals surface area contributed by atoms with Crippen LogP contribution in [0, 0.1) is 5.82 Å². The molecule has 0 unspecified atom stereocenters. The molecule has 1 heterocycles. The number of amides is 2. The van der Waals surface area contributed by atoms with Gasteiger partial charge in [-0.1, -0.05) is 24.3 Å². The zero-order chi connectivity index (χ0) is 18.5. The van der Waals surface area contributed by atoms with Crippen molar-refractivity contribution in [3.63, 3.8) is 0 Å². The van der Waals surface area contributed by atoms with Crippen molar-refractivity contribution in [3.8, 4) is 11.5 Å². The molecule has 0 fully saturated rings. The van der Waals surface area contributed by atoms with E-state index in [4.69, 9.17) is 4.42 Å². The van der Waals surface area contributed by atoms with E-state index < -0.39 is 24.2 Å². The zero-order valence-electron chi connectivity index (χ0n) is 13.2. The summed E-state index contributed by atoms with van der Waals surface area (Å²) in [5, 5.41) is 11.8. The van der Waals surface area contributed by atoms with Crippen molar-refractivity contribution in [1.82, 2.24) is 15.5 Å². The first-order valence-electron chi connectivity index (χ1n) is 7.53. The van der Waals surface area contributed by atoms with Crippen LogP contribution >= 0.6 is 0 Å². The Morgan fingerprint density at radius 2 is 1.88 bits per heavy atom. The number of para-hydroxylation sites is 1. The van der Waals surface area contributed by atoms with Gasteiger partial charge in [-0.05, 0) is 24.3 Å². The Bertz CT molecular complexity index is 900. The van der Waals surface area contributed by atoms with Gasteiger partial charge in [0.15, 0.2) is 0 Å². The molecule has 0 aliphatic rings. The molecule has 0 aliphatic heterocycles. The molecule has 0 saturated carbocycles. The minimum absolute atomic E-state index is 0.0586. The summed E-state index contributed by atoms with van der Waals surface area (Å²) in [5.41, 5.74) is 0.983. The third-order valence-corrected chi connectivity index (χ3v) is 3.40. The van der Waals surface area contributed by atoms with Gasteiger partial charge in [-0.2, -0.15) is 8.78 Å². The molecule has 26 heavy (non-hydrogen) atoms. The number of carbonyl (C=O) groups is 1. The maximum absolute atomic E-state index is 14.2. The zero-order valence-corrected chi connectivity index (χ0v) is 13.2. The van der Waals surface area contributed by atoms with E-state index in [2.05, 4.69) is 20.8 Å². The second-order valence-corrected chi connectivity index (χ2v) is 5.23. The predicted molar refractivity (Wildman–Crippen MR) is 86.9 cm³/mol. The number of alkyl halides is 2. The van der Waals surface area contributed by atoms with Crippen LogP contribution in [0.1, 0.15) is 17.9 Å². The van der Waals surface area contributed by atoms with Gasteiger partial charge >= 0.3 is 12.5 Å². The Labute approximate surface area is 146 Å². The minimum Gasteiger partial charge on any atom is -0.415 e. The Kier molecular flexibility index (Phi) is 5.16. The fourth-order valence-electron chi connectivity index (χ4n) is 2.14. The molecule has 9 heteroatoms. The summed E-state index contributed by atoms with van der Waals surface area (Å²) in [6.45, 7) is -0.0586. The first-order chi connectivity index (χ1) is 12.5. The number of benzene rings is 2. The first kappa shape index (κ1) is 17.5. The van der Waals surface area contributed by atoms with E-state index in [1.807, 2.05) is 6.07 Å². The van der Waals surface area contributed by atoms with E-state index in [1.54, 1.807) is 24.3 Å². The number of aromatic nitrogens is 2. The third kappa shape index (κ3) is 4.18. The molecule has 3 rings (SSSR count). The van der Waals surface area contributed by atoms with Crippen molar-refractivity contribution in [1.29, 1.82) is 0 Å². The summed E-state index contributed by atoms with van der Waals surface area (Å²) in [7, 11) is 0. The average Bonchev–Trinajstić information content (AvgIpc) is 3.12. The van der Waals surface area contributed by atoms with Crippen LogP contribution in [-0.4, -0.2) is 16.2 Å². The fourth-order valence-corrected chi connectivity index (χ4v) is 2.14. The third-order valence-electron chi connectivity index (χ3n) is 3.40. The molecule has 2 N–H and O–H groups in total. The molecule has 0 radical (unpaired) electrons. The number of halogens is 3. The van der Waals surface area contributed by atoms with Crippen molar-refractivity contribution in [2.45, 2.75) is 13.0 Å². The largest absolute Gasteiger partial charge is 0.415 e.